The van der Waals surface area contributed by atoms with E-state index in [-0.39, 0.29) is 11.5 Å². The lowest BCUT2D eigenvalue weighted by molar-refractivity contribution is 0.317. The Morgan fingerprint density at radius 3 is 1.39 bits per heavy atom. The highest BCUT2D eigenvalue weighted by molar-refractivity contribution is 5.85. The summed E-state index contributed by atoms with van der Waals surface area (Å²) in [5.74, 6) is 1.54. The highest BCUT2D eigenvalue weighted by atomic mass is 16.5. The van der Waals surface area contributed by atoms with Gasteiger partial charge in [-0.2, -0.15) is 0 Å². The van der Waals surface area contributed by atoms with E-state index in [9.17, 15) is 10.2 Å². The molecule has 0 saturated heterocycles. The van der Waals surface area contributed by atoms with Crippen LogP contribution in [0.15, 0.2) is 46.4 Å². The van der Waals surface area contributed by atoms with E-state index in [1.54, 1.807) is 63.0 Å². The first-order valence-electron chi connectivity index (χ1n) is 8.94. The van der Waals surface area contributed by atoms with Crippen molar-refractivity contribution >= 4 is 12.4 Å². The molecule has 28 heavy (non-hydrogen) atoms. The molecule has 2 rings (SSSR count). The van der Waals surface area contributed by atoms with Crippen molar-refractivity contribution in [1.82, 2.24) is 0 Å². The maximum absolute atomic E-state index is 10.0. The number of hydrogen-bond donors (Lipinski definition) is 2. The molecule has 0 heterocycles. The summed E-state index contributed by atoms with van der Waals surface area (Å²) in [6.45, 7) is 7.85. The van der Waals surface area contributed by atoms with Crippen molar-refractivity contribution in [1.29, 1.82) is 0 Å². The maximum Gasteiger partial charge on any atom is 0.124 e. The molecule has 0 radical (unpaired) electrons. The Bertz CT molecular complexity index is 813. The molecule has 0 fully saturated rings. The molecule has 6 nitrogen and oxygen atoms in total. The molecule has 2 aromatic carbocycles. The van der Waals surface area contributed by atoms with E-state index in [0.717, 1.165) is 0 Å². The van der Waals surface area contributed by atoms with Gasteiger partial charge in [-0.3, -0.25) is 9.98 Å². The number of nitrogens with zero attached hydrogens (tertiary/aromatic N) is 2. The van der Waals surface area contributed by atoms with Crippen LogP contribution < -0.4 is 9.47 Å². The molecule has 0 aliphatic heterocycles. The van der Waals surface area contributed by atoms with Gasteiger partial charge in [-0.1, -0.05) is 0 Å². The highest BCUT2D eigenvalue weighted by Gasteiger charge is 2.35. The Morgan fingerprint density at radius 2 is 1.07 bits per heavy atom. The molecule has 2 N–H and O–H groups in total. The second kappa shape index (κ2) is 8.33. The fourth-order valence-corrected chi connectivity index (χ4v) is 2.30. The maximum atomic E-state index is 10.0. The van der Waals surface area contributed by atoms with E-state index in [4.69, 9.17) is 9.47 Å². The van der Waals surface area contributed by atoms with E-state index in [0.29, 0.717) is 22.6 Å². The average molecular weight is 384 g/mol. The largest absolute Gasteiger partial charge is 0.507 e. The summed E-state index contributed by atoms with van der Waals surface area (Å²) < 4.78 is 10.4. The molecular weight excluding hydrogens is 356 g/mol. The summed E-state index contributed by atoms with van der Waals surface area (Å²) in [6, 6.07) is 9.96. The first-order chi connectivity index (χ1) is 13.1. The summed E-state index contributed by atoms with van der Waals surface area (Å²) in [6.07, 6.45) is 3.25. The molecular formula is C22H28N2O4. The number of phenolic OH excluding ortho intramolecular Hbond substituents is 2. The van der Waals surface area contributed by atoms with Gasteiger partial charge in [-0.05, 0) is 64.1 Å². The summed E-state index contributed by atoms with van der Waals surface area (Å²) in [7, 11) is 3.14. The lowest BCUT2D eigenvalue weighted by Gasteiger charge is -2.35. The third-order valence-corrected chi connectivity index (χ3v) is 5.02. The summed E-state index contributed by atoms with van der Waals surface area (Å²) >= 11 is 0. The average Bonchev–Trinajstić information content (AvgIpc) is 2.66. The fraction of sp³-hybridized carbons (Fsp3) is 0.364. The Kier molecular flexibility index (Phi) is 6.33. The van der Waals surface area contributed by atoms with Gasteiger partial charge in [0.25, 0.3) is 0 Å². The number of rotatable bonds is 7. The molecule has 0 amide bonds. The minimum Gasteiger partial charge on any atom is -0.507 e. The van der Waals surface area contributed by atoms with E-state index >= 15 is 0 Å². The third kappa shape index (κ3) is 4.82. The van der Waals surface area contributed by atoms with Gasteiger partial charge in [0.05, 0.1) is 25.3 Å². The minimum absolute atomic E-state index is 0.128. The van der Waals surface area contributed by atoms with E-state index < -0.39 is 11.1 Å². The predicted molar refractivity (Wildman–Crippen MR) is 113 cm³/mol. The second-order valence-electron chi connectivity index (χ2n) is 7.48. The molecule has 0 atom stereocenters. The van der Waals surface area contributed by atoms with Gasteiger partial charge in [0.1, 0.15) is 23.0 Å². The van der Waals surface area contributed by atoms with Crippen LogP contribution in [-0.2, 0) is 0 Å². The Labute approximate surface area is 166 Å². The lowest BCUT2D eigenvalue weighted by Crippen LogP contribution is -2.42. The van der Waals surface area contributed by atoms with Crippen molar-refractivity contribution in [2.75, 3.05) is 14.2 Å². The number of phenols is 2. The fourth-order valence-electron chi connectivity index (χ4n) is 2.30. The van der Waals surface area contributed by atoms with Gasteiger partial charge in [0, 0.05) is 23.6 Å². The van der Waals surface area contributed by atoms with Crippen LogP contribution in [-0.4, -0.2) is 47.9 Å². The zero-order valence-corrected chi connectivity index (χ0v) is 17.2. The molecule has 0 aromatic heterocycles. The SMILES string of the molecule is COc1ccc(O)c(C=NC(C)(C)C(C)(C)N=Cc2cc(OC)ccc2O)c1. The first kappa shape index (κ1) is 21.3. The molecule has 0 bridgehead atoms. The number of hydrogen-bond acceptors (Lipinski definition) is 6. The first-order valence-corrected chi connectivity index (χ1v) is 8.94. The van der Waals surface area contributed by atoms with Crippen molar-refractivity contribution in [3.05, 3.63) is 47.5 Å². The highest BCUT2D eigenvalue weighted by Crippen LogP contribution is 2.31. The summed E-state index contributed by atoms with van der Waals surface area (Å²) in [5.41, 5.74) is -0.0450. The van der Waals surface area contributed by atoms with Gasteiger partial charge >= 0.3 is 0 Å². The van der Waals surface area contributed by atoms with E-state index in [1.807, 2.05) is 27.7 Å². The molecule has 150 valence electrons. The van der Waals surface area contributed by atoms with Crippen molar-refractivity contribution < 1.29 is 19.7 Å². The van der Waals surface area contributed by atoms with Crippen LogP contribution in [0.5, 0.6) is 23.0 Å². The lowest BCUT2D eigenvalue weighted by atomic mass is 9.83. The van der Waals surface area contributed by atoms with Crippen LogP contribution in [0, 0.1) is 0 Å². The van der Waals surface area contributed by atoms with Crippen molar-refractivity contribution in [2.45, 2.75) is 38.8 Å². The Balaban J connectivity index is 2.28. The molecule has 0 saturated carbocycles. The molecule has 0 aliphatic rings. The van der Waals surface area contributed by atoms with Crippen molar-refractivity contribution in [3.63, 3.8) is 0 Å². The van der Waals surface area contributed by atoms with Gasteiger partial charge in [0.2, 0.25) is 0 Å². The Morgan fingerprint density at radius 1 is 0.714 bits per heavy atom. The number of aliphatic imine (C=N–C) groups is 2. The third-order valence-electron chi connectivity index (χ3n) is 5.02. The number of aromatic hydroxyl groups is 2. The smallest absolute Gasteiger partial charge is 0.124 e. The topological polar surface area (TPSA) is 83.6 Å². The number of methoxy groups -OCH3 is 2. The normalized spacial score (nSPS) is 12.6. The second-order valence-corrected chi connectivity index (χ2v) is 7.48. The molecule has 0 aliphatic carbocycles. The van der Waals surface area contributed by atoms with Crippen LogP contribution in [0.2, 0.25) is 0 Å². The monoisotopic (exact) mass is 384 g/mol. The van der Waals surface area contributed by atoms with Crippen LogP contribution in [0.4, 0.5) is 0 Å². The van der Waals surface area contributed by atoms with Gasteiger partial charge in [-0.25, -0.2) is 0 Å². The van der Waals surface area contributed by atoms with Gasteiger partial charge in [-0.15, -0.1) is 0 Å². The summed E-state index contributed by atoms with van der Waals surface area (Å²) in [5, 5.41) is 20.1. The number of benzene rings is 2. The zero-order valence-electron chi connectivity index (χ0n) is 17.2. The quantitative estimate of drug-likeness (QED) is 0.701. The van der Waals surface area contributed by atoms with Gasteiger partial charge < -0.3 is 19.7 Å². The Hall–Kier alpha value is -3.02. The van der Waals surface area contributed by atoms with Crippen LogP contribution in [0.1, 0.15) is 38.8 Å². The van der Waals surface area contributed by atoms with E-state index in [2.05, 4.69) is 9.98 Å². The van der Waals surface area contributed by atoms with Crippen molar-refractivity contribution in [2.24, 2.45) is 9.98 Å². The minimum atomic E-state index is -0.590. The summed E-state index contributed by atoms with van der Waals surface area (Å²) in [4.78, 5) is 9.32. The standard InChI is InChI=1S/C22H28N2O4/c1-21(2,23-13-15-11-17(27-5)7-9-19(15)25)22(3,4)24-14-16-12-18(28-6)8-10-20(16)26/h7-14,25-26H,1-6H3. The van der Waals surface area contributed by atoms with Crippen LogP contribution in [0.3, 0.4) is 0 Å². The molecule has 6 heteroatoms. The molecule has 0 unspecified atom stereocenters. The number of ether oxygens (including phenoxy) is 2. The van der Waals surface area contributed by atoms with Crippen LogP contribution in [0.25, 0.3) is 0 Å². The van der Waals surface area contributed by atoms with E-state index in [1.165, 1.54) is 0 Å². The molecule has 2 aromatic rings. The van der Waals surface area contributed by atoms with Gasteiger partial charge in [0.15, 0.2) is 0 Å². The zero-order chi connectivity index (χ0) is 20.9. The molecule has 0 spiro atoms. The van der Waals surface area contributed by atoms with Crippen LogP contribution >= 0.6 is 0 Å². The van der Waals surface area contributed by atoms with Crippen molar-refractivity contribution in [3.8, 4) is 23.0 Å². The predicted octanol–water partition coefficient (Wildman–Crippen LogP) is 4.21.